The summed E-state index contributed by atoms with van der Waals surface area (Å²) in [5.41, 5.74) is 0. The number of hydrogen-bond donors (Lipinski definition) is 3. The molecule has 0 aromatic carbocycles. The van der Waals surface area contributed by atoms with Crippen LogP contribution in [0.25, 0.3) is 0 Å². The molecule has 0 aliphatic heterocycles. The number of thiol groups is 3. The molecule has 0 heterocycles. The number of rotatable bonds is 42. The molecule has 3 unspecified atom stereocenters. The Hall–Kier alpha value is 1.36. The van der Waals surface area contributed by atoms with E-state index < -0.39 is 8.60 Å². The van der Waals surface area contributed by atoms with Crippen LogP contribution < -0.4 is 0 Å². The zero-order valence-corrected chi connectivity index (χ0v) is 36.8. The van der Waals surface area contributed by atoms with Crippen LogP contribution in [0.3, 0.4) is 0 Å². The predicted molar refractivity (Wildman–Crippen MR) is 232 cm³/mol. The van der Waals surface area contributed by atoms with E-state index >= 15 is 0 Å². The van der Waals surface area contributed by atoms with Crippen LogP contribution >= 0.6 is 46.5 Å². The Morgan fingerprint density at radius 1 is 0.306 bits per heavy atom. The third-order valence-corrected chi connectivity index (χ3v) is 12.1. The van der Waals surface area contributed by atoms with E-state index in [-0.39, 0.29) is 15.7 Å². The highest BCUT2D eigenvalue weighted by molar-refractivity contribution is 7.81. The molecule has 0 saturated carbocycles. The average Bonchev–Trinajstić information content (AvgIpc) is 3.10. The minimum Gasteiger partial charge on any atom is -0.311 e. The molecule has 3 nitrogen and oxygen atoms in total. The van der Waals surface area contributed by atoms with Crippen molar-refractivity contribution in [2.75, 3.05) is 19.8 Å². The predicted octanol–water partition coefficient (Wildman–Crippen LogP) is 16.1. The van der Waals surface area contributed by atoms with Crippen LogP contribution in [0.4, 0.5) is 0 Å². The Kier molecular flexibility index (Phi) is 43.3. The van der Waals surface area contributed by atoms with Gasteiger partial charge in [0.15, 0.2) is 0 Å². The van der Waals surface area contributed by atoms with Gasteiger partial charge in [-0.05, 0) is 19.3 Å². The molecular formula is C42H87O3PS3. The monoisotopic (exact) mass is 767 g/mol. The first-order valence-electron chi connectivity index (χ1n) is 21.8. The quantitative estimate of drug-likeness (QED) is 0.0328. The van der Waals surface area contributed by atoms with Gasteiger partial charge in [0.05, 0.1) is 19.8 Å². The lowest BCUT2D eigenvalue weighted by atomic mass is 10.1. The van der Waals surface area contributed by atoms with E-state index in [1.165, 1.54) is 193 Å². The van der Waals surface area contributed by atoms with E-state index in [4.69, 9.17) is 51.5 Å². The van der Waals surface area contributed by atoms with Crippen molar-refractivity contribution in [3.05, 3.63) is 0 Å². The summed E-state index contributed by atoms with van der Waals surface area (Å²) in [6, 6.07) is 0. The molecule has 0 N–H and O–H groups in total. The van der Waals surface area contributed by atoms with Crippen LogP contribution in [-0.4, -0.2) is 35.6 Å². The second-order valence-electron chi connectivity index (χ2n) is 15.0. The molecule has 49 heavy (non-hydrogen) atoms. The zero-order chi connectivity index (χ0) is 35.9. The third kappa shape index (κ3) is 40.4. The molecule has 0 bridgehead atoms. The van der Waals surface area contributed by atoms with Gasteiger partial charge in [-0.2, -0.15) is 37.9 Å². The lowest BCUT2D eigenvalue weighted by molar-refractivity contribution is 0.158. The van der Waals surface area contributed by atoms with Crippen molar-refractivity contribution < 1.29 is 13.6 Å². The Morgan fingerprint density at radius 3 is 0.694 bits per heavy atom. The molecule has 296 valence electrons. The minimum atomic E-state index is -1.40. The van der Waals surface area contributed by atoms with Gasteiger partial charge in [-0.3, -0.25) is 0 Å². The molecule has 0 fully saturated rings. The standard InChI is InChI=1S/C42H87O3PS3/c1-4-7-10-13-16-19-22-25-28-31-34-40(47)37-43-46(44-38-41(48)35-32-29-26-23-20-17-14-11-8-5-2)45-39-42(49)36-33-30-27-24-21-18-15-12-9-6-3/h40-42,47-49H,4-39H2,1-3H3. The third-order valence-electron chi connectivity index (χ3n) is 9.79. The molecule has 0 rings (SSSR count). The van der Waals surface area contributed by atoms with Crippen molar-refractivity contribution in [3.8, 4) is 0 Å². The fourth-order valence-corrected chi connectivity index (χ4v) is 8.66. The Bertz CT molecular complexity index is 537. The minimum absolute atomic E-state index is 0.225. The summed E-state index contributed by atoms with van der Waals surface area (Å²) in [6.45, 7) is 8.61. The van der Waals surface area contributed by atoms with Crippen molar-refractivity contribution in [2.45, 2.75) is 248 Å². The molecule has 0 amide bonds. The van der Waals surface area contributed by atoms with Gasteiger partial charge < -0.3 is 13.6 Å². The van der Waals surface area contributed by atoms with Crippen LogP contribution in [0.5, 0.6) is 0 Å². The van der Waals surface area contributed by atoms with Crippen LogP contribution in [0.1, 0.15) is 233 Å². The molecule has 7 heteroatoms. The van der Waals surface area contributed by atoms with Crippen LogP contribution in [-0.2, 0) is 13.6 Å². The highest BCUT2D eigenvalue weighted by atomic mass is 32.1. The van der Waals surface area contributed by atoms with E-state index in [2.05, 4.69) is 20.8 Å². The van der Waals surface area contributed by atoms with E-state index in [9.17, 15) is 0 Å². The van der Waals surface area contributed by atoms with Crippen molar-refractivity contribution >= 4 is 46.5 Å². The van der Waals surface area contributed by atoms with Crippen molar-refractivity contribution in [2.24, 2.45) is 0 Å². The number of hydrogen-bond acceptors (Lipinski definition) is 6. The molecule has 0 aliphatic carbocycles. The fourth-order valence-electron chi connectivity index (χ4n) is 6.40. The van der Waals surface area contributed by atoms with E-state index in [1.54, 1.807) is 0 Å². The maximum atomic E-state index is 6.23. The van der Waals surface area contributed by atoms with Gasteiger partial charge in [0.1, 0.15) is 0 Å². The number of unbranched alkanes of at least 4 members (excludes halogenated alkanes) is 27. The lowest BCUT2D eigenvalue weighted by Crippen LogP contribution is -2.14. The smallest absolute Gasteiger partial charge is 0.311 e. The Labute approximate surface area is 326 Å². The van der Waals surface area contributed by atoms with Gasteiger partial charge >= 0.3 is 8.60 Å². The lowest BCUT2D eigenvalue weighted by Gasteiger charge is -2.22. The first-order chi connectivity index (χ1) is 24.0. The molecular weight excluding hydrogens is 680 g/mol. The SMILES string of the molecule is CCCCCCCCCCCCC(S)COP(OCC(S)CCCCCCCCCCCC)OCC(S)CCCCCCCCCCCC. The summed E-state index contributed by atoms with van der Waals surface area (Å²) in [4.78, 5) is 0. The Balaban J connectivity index is 4.30. The van der Waals surface area contributed by atoms with Gasteiger partial charge in [-0.1, -0.05) is 213 Å². The van der Waals surface area contributed by atoms with Crippen LogP contribution in [0.15, 0.2) is 0 Å². The first kappa shape index (κ1) is 50.4. The normalized spacial score (nSPS) is 14.3. The largest absolute Gasteiger partial charge is 0.332 e. The average molecular weight is 767 g/mol. The van der Waals surface area contributed by atoms with Gasteiger partial charge in [-0.15, -0.1) is 0 Å². The second kappa shape index (κ2) is 42.1. The maximum Gasteiger partial charge on any atom is 0.332 e. The van der Waals surface area contributed by atoms with E-state index in [0.717, 1.165) is 19.3 Å². The van der Waals surface area contributed by atoms with Crippen LogP contribution in [0.2, 0.25) is 0 Å². The molecule has 3 atom stereocenters. The second-order valence-corrected chi connectivity index (χ2v) is 18.4. The molecule has 0 radical (unpaired) electrons. The molecule has 0 aromatic heterocycles. The summed E-state index contributed by atoms with van der Waals surface area (Å²) in [5.74, 6) is 0. The topological polar surface area (TPSA) is 27.7 Å². The summed E-state index contributed by atoms with van der Waals surface area (Å²) >= 11 is 14.6. The fraction of sp³-hybridized carbons (Fsp3) is 1.00. The van der Waals surface area contributed by atoms with Crippen molar-refractivity contribution in [1.82, 2.24) is 0 Å². The summed E-state index contributed by atoms with van der Waals surface area (Å²) in [6.07, 6.45) is 44.1. The first-order valence-corrected chi connectivity index (χ1v) is 24.4. The summed E-state index contributed by atoms with van der Waals surface area (Å²) < 4.78 is 18.7. The van der Waals surface area contributed by atoms with Gasteiger partial charge in [0.2, 0.25) is 0 Å². The van der Waals surface area contributed by atoms with E-state index in [1.807, 2.05) is 0 Å². The van der Waals surface area contributed by atoms with Gasteiger partial charge in [0.25, 0.3) is 0 Å². The maximum absolute atomic E-state index is 6.23. The molecule has 0 spiro atoms. The molecule has 0 saturated heterocycles. The highest BCUT2D eigenvalue weighted by Crippen LogP contribution is 2.41. The van der Waals surface area contributed by atoms with Crippen LogP contribution in [0, 0.1) is 0 Å². The summed E-state index contributed by atoms with van der Waals surface area (Å²) in [7, 11) is -1.40. The zero-order valence-electron chi connectivity index (χ0n) is 33.2. The molecule has 0 aromatic rings. The van der Waals surface area contributed by atoms with Gasteiger partial charge in [-0.25, -0.2) is 0 Å². The van der Waals surface area contributed by atoms with Gasteiger partial charge in [0, 0.05) is 15.7 Å². The van der Waals surface area contributed by atoms with Crippen molar-refractivity contribution in [3.63, 3.8) is 0 Å². The highest BCUT2D eigenvalue weighted by Gasteiger charge is 2.19. The summed E-state index contributed by atoms with van der Waals surface area (Å²) in [5, 5.41) is 0.675. The van der Waals surface area contributed by atoms with Crippen molar-refractivity contribution in [1.29, 1.82) is 0 Å². The molecule has 0 aliphatic rings. The van der Waals surface area contributed by atoms with E-state index in [0.29, 0.717) is 19.8 Å². The Morgan fingerprint density at radius 2 is 0.490 bits per heavy atom.